The molecule has 0 radical (unpaired) electrons. The molecule has 2 nitrogen and oxygen atoms in total. The van der Waals surface area contributed by atoms with Crippen molar-refractivity contribution in [3.8, 4) is 0 Å². The van der Waals surface area contributed by atoms with Crippen molar-refractivity contribution < 1.29 is 0 Å². The van der Waals surface area contributed by atoms with Crippen LogP contribution in [0.3, 0.4) is 0 Å². The van der Waals surface area contributed by atoms with E-state index in [1.54, 1.807) is 0 Å². The highest BCUT2D eigenvalue weighted by Crippen LogP contribution is 2.34. The van der Waals surface area contributed by atoms with Crippen LogP contribution >= 0.6 is 11.3 Å². The van der Waals surface area contributed by atoms with Crippen LogP contribution in [0.25, 0.3) is 0 Å². The van der Waals surface area contributed by atoms with Gasteiger partial charge in [-0.2, -0.15) is 0 Å². The molecule has 1 saturated heterocycles. The Morgan fingerprint density at radius 2 is 2.40 bits per heavy atom. The fraction of sp³-hybridized carbons (Fsp3) is 0.667. The normalized spacial score (nSPS) is 27.7. The van der Waals surface area contributed by atoms with Crippen LogP contribution in [0.15, 0.2) is 17.5 Å². The monoisotopic (exact) mass is 224 g/mol. The standard InChI is InChI=1S/C12H20N2S/c1-9(2)8-14-6-5-10(13)12(14)11-4-3-7-15-11/h3-4,7,9-10,12H,5-6,8,13H2,1-2H3. The molecule has 84 valence electrons. The predicted molar refractivity (Wildman–Crippen MR) is 66.1 cm³/mol. The highest BCUT2D eigenvalue weighted by atomic mass is 32.1. The molecule has 0 bridgehead atoms. The second-order valence-electron chi connectivity index (χ2n) is 4.80. The average molecular weight is 224 g/mol. The summed E-state index contributed by atoms with van der Waals surface area (Å²) in [6.07, 6.45) is 1.13. The summed E-state index contributed by atoms with van der Waals surface area (Å²) in [5.41, 5.74) is 6.20. The maximum absolute atomic E-state index is 6.20. The van der Waals surface area contributed by atoms with Gasteiger partial charge in [-0.25, -0.2) is 0 Å². The van der Waals surface area contributed by atoms with E-state index in [9.17, 15) is 0 Å². The van der Waals surface area contributed by atoms with Gasteiger partial charge in [-0.1, -0.05) is 19.9 Å². The van der Waals surface area contributed by atoms with Crippen LogP contribution in [0, 0.1) is 5.92 Å². The van der Waals surface area contributed by atoms with Gasteiger partial charge in [-0.05, 0) is 23.8 Å². The molecular formula is C12H20N2S. The van der Waals surface area contributed by atoms with Crippen LogP contribution in [0.2, 0.25) is 0 Å². The van der Waals surface area contributed by atoms with E-state index < -0.39 is 0 Å². The van der Waals surface area contributed by atoms with Gasteiger partial charge in [-0.15, -0.1) is 11.3 Å². The van der Waals surface area contributed by atoms with Gasteiger partial charge < -0.3 is 5.73 Å². The van der Waals surface area contributed by atoms with E-state index >= 15 is 0 Å². The second-order valence-corrected chi connectivity index (χ2v) is 5.78. The van der Waals surface area contributed by atoms with Crippen LogP contribution < -0.4 is 5.73 Å². The van der Waals surface area contributed by atoms with E-state index in [2.05, 4.69) is 36.3 Å². The van der Waals surface area contributed by atoms with Gasteiger partial charge in [0.25, 0.3) is 0 Å². The van der Waals surface area contributed by atoms with Crippen molar-refractivity contribution in [3.63, 3.8) is 0 Å². The summed E-state index contributed by atoms with van der Waals surface area (Å²) in [5.74, 6) is 0.720. The van der Waals surface area contributed by atoms with E-state index in [4.69, 9.17) is 5.73 Å². The fourth-order valence-electron chi connectivity index (χ4n) is 2.41. The maximum atomic E-state index is 6.20. The van der Waals surface area contributed by atoms with E-state index in [-0.39, 0.29) is 0 Å². The lowest BCUT2D eigenvalue weighted by molar-refractivity contribution is 0.224. The lowest BCUT2D eigenvalue weighted by Crippen LogP contribution is -2.33. The Hall–Kier alpha value is -0.380. The Kier molecular flexibility index (Phi) is 3.44. The largest absolute Gasteiger partial charge is 0.326 e. The van der Waals surface area contributed by atoms with Crippen LogP contribution in [0.1, 0.15) is 31.2 Å². The molecule has 2 N–H and O–H groups in total. The molecule has 2 atom stereocenters. The van der Waals surface area contributed by atoms with E-state index in [0.717, 1.165) is 25.4 Å². The number of rotatable bonds is 3. The highest BCUT2D eigenvalue weighted by Gasteiger charge is 2.33. The first-order valence-electron chi connectivity index (χ1n) is 5.71. The van der Waals surface area contributed by atoms with Gasteiger partial charge in [0.15, 0.2) is 0 Å². The summed E-state index contributed by atoms with van der Waals surface area (Å²) in [6, 6.07) is 5.13. The molecule has 1 aromatic rings. The van der Waals surface area contributed by atoms with Crippen molar-refractivity contribution in [1.29, 1.82) is 0 Å². The minimum absolute atomic E-state index is 0.322. The third-order valence-electron chi connectivity index (χ3n) is 2.98. The zero-order chi connectivity index (χ0) is 10.8. The summed E-state index contributed by atoms with van der Waals surface area (Å²) in [6.45, 7) is 6.86. The zero-order valence-corrected chi connectivity index (χ0v) is 10.3. The first kappa shape index (κ1) is 11.1. The molecule has 1 aromatic heterocycles. The third kappa shape index (κ3) is 2.41. The molecule has 1 aliphatic heterocycles. The Balaban J connectivity index is 2.12. The topological polar surface area (TPSA) is 29.3 Å². The molecule has 0 aromatic carbocycles. The Labute approximate surface area is 96.1 Å². The molecule has 2 unspecified atom stereocenters. The molecule has 15 heavy (non-hydrogen) atoms. The van der Waals surface area contributed by atoms with E-state index in [1.807, 2.05) is 11.3 Å². The van der Waals surface area contributed by atoms with Gasteiger partial charge in [0, 0.05) is 24.0 Å². The van der Waals surface area contributed by atoms with Crippen molar-refractivity contribution in [2.75, 3.05) is 13.1 Å². The molecule has 0 aliphatic carbocycles. The number of hydrogen-bond donors (Lipinski definition) is 1. The number of nitrogens with zero attached hydrogens (tertiary/aromatic N) is 1. The molecule has 1 fully saturated rings. The van der Waals surface area contributed by atoms with Crippen LogP contribution in [-0.4, -0.2) is 24.0 Å². The van der Waals surface area contributed by atoms with Crippen molar-refractivity contribution in [1.82, 2.24) is 4.90 Å². The van der Waals surface area contributed by atoms with Gasteiger partial charge in [0.1, 0.15) is 0 Å². The molecule has 3 heteroatoms. The van der Waals surface area contributed by atoms with Gasteiger partial charge in [0.05, 0.1) is 6.04 Å². The van der Waals surface area contributed by atoms with Crippen LogP contribution in [0.5, 0.6) is 0 Å². The van der Waals surface area contributed by atoms with Crippen molar-refractivity contribution in [3.05, 3.63) is 22.4 Å². The average Bonchev–Trinajstić information content (AvgIpc) is 2.74. The smallest absolute Gasteiger partial charge is 0.0594 e. The van der Waals surface area contributed by atoms with Crippen molar-refractivity contribution in [2.45, 2.75) is 32.4 Å². The minimum atomic E-state index is 0.322. The second kappa shape index (κ2) is 4.64. The summed E-state index contributed by atoms with van der Waals surface area (Å²) < 4.78 is 0. The van der Waals surface area contributed by atoms with Crippen LogP contribution in [0.4, 0.5) is 0 Å². The SMILES string of the molecule is CC(C)CN1CCC(N)C1c1cccs1. The summed E-state index contributed by atoms with van der Waals surface area (Å²) in [7, 11) is 0. The fourth-order valence-corrected chi connectivity index (χ4v) is 3.34. The molecule has 1 aliphatic rings. The molecular weight excluding hydrogens is 204 g/mol. The molecule has 0 spiro atoms. The molecule has 2 heterocycles. The summed E-state index contributed by atoms with van der Waals surface area (Å²) >= 11 is 1.83. The maximum Gasteiger partial charge on any atom is 0.0594 e. The quantitative estimate of drug-likeness (QED) is 0.854. The number of likely N-dealkylation sites (tertiary alicyclic amines) is 1. The number of hydrogen-bond acceptors (Lipinski definition) is 3. The summed E-state index contributed by atoms with van der Waals surface area (Å²) in [5, 5.41) is 2.15. The third-order valence-corrected chi connectivity index (χ3v) is 3.93. The summed E-state index contributed by atoms with van der Waals surface area (Å²) in [4.78, 5) is 3.97. The molecule has 2 rings (SSSR count). The van der Waals surface area contributed by atoms with Gasteiger partial charge >= 0.3 is 0 Å². The first-order valence-corrected chi connectivity index (χ1v) is 6.59. The van der Waals surface area contributed by atoms with Gasteiger partial charge in [0.2, 0.25) is 0 Å². The molecule has 0 saturated carbocycles. The Morgan fingerprint density at radius 3 is 3.00 bits per heavy atom. The minimum Gasteiger partial charge on any atom is -0.326 e. The van der Waals surface area contributed by atoms with E-state index in [1.165, 1.54) is 4.88 Å². The highest BCUT2D eigenvalue weighted by molar-refractivity contribution is 7.10. The van der Waals surface area contributed by atoms with Crippen LogP contribution in [-0.2, 0) is 0 Å². The number of thiophene rings is 1. The number of nitrogens with two attached hydrogens (primary N) is 1. The predicted octanol–water partition coefficient (Wildman–Crippen LogP) is 2.48. The molecule has 0 amide bonds. The van der Waals surface area contributed by atoms with Gasteiger partial charge in [-0.3, -0.25) is 4.90 Å². The van der Waals surface area contributed by atoms with Crippen molar-refractivity contribution in [2.24, 2.45) is 11.7 Å². The zero-order valence-electron chi connectivity index (χ0n) is 9.52. The van der Waals surface area contributed by atoms with Crippen molar-refractivity contribution >= 4 is 11.3 Å². The lowest BCUT2D eigenvalue weighted by atomic mass is 10.1. The Morgan fingerprint density at radius 1 is 1.60 bits per heavy atom. The lowest BCUT2D eigenvalue weighted by Gasteiger charge is -2.27. The first-order chi connectivity index (χ1) is 7.18. The van der Waals surface area contributed by atoms with E-state index in [0.29, 0.717) is 12.1 Å². The Bertz CT molecular complexity index is 295.